The summed E-state index contributed by atoms with van der Waals surface area (Å²) < 4.78 is 52.2. The molecule has 3 rings (SSSR count). The third-order valence-corrected chi connectivity index (χ3v) is 4.52. The Hall–Kier alpha value is -4.07. The summed E-state index contributed by atoms with van der Waals surface area (Å²) in [5.41, 5.74) is 6.53. The lowest BCUT2D eigenvalue weighted by Gasteiger charge is -2.09. The Kier molecular flexibility index (Phi) is 6.63. The number of aryl methyl sites for hydroxylation is 1. The van der Waals surface area contributed by atoms with E-state index in [0.29, 0.717) is 24.2 Å². The lowest BCUT2D eigenvalue weighted by molar-refractivity contribution is -0.137. The first-order chi connectivity index (χ1) is 15.2. The number of nitrogens with zero attached hydrogens (tertiary/aromatic N) is 3. The number of carbonyl (C=O) groups excluding carboxylic acids is 1. The fraction of sp³-hybridized carbons (Fsp3) is 0.190. The van der Waals surface area contributed by atoms with Gasteiger partial charge in [-0.2, -0.15) is 23.5 Å². The highest BCUT2D eigenvalue weighted by atomic mass is 19.4. The van der Waals surface area contributed by atoms with Gasteiger partial charge in [0, 0.05) is 12.2 Å². The highest BCUT2D eigenvalue weighted by molar-refractivity contribution is 5.89. The van der Waals surface area contributed by atoms with Crippen molar-refractivity contribution in [3.8, 4) is 11.8 Å². The number of urea groups is 1. The molecule has 1 aromatic heterocycles. The molecule has 0 unspecified atom stereocenters. The molecule has 11 heteroatoms. The number of nitrogens with one attached hydrogen (secondary N) is 2. The fourth-order valence-electron chi connectivity index (χ4n) is 2.93. The third kappa shape index (κ3) is 5.34. The van der Waals surface area contributed by atoms with Gasteiger partial charge in [0.25, 0.3) is 0 Å². The molecule has 0 atom stereocenters. The molecule has 0 spiro atoms. The zero-order valence-corrected chi connectivity index (χ0v) is 16.6. The van der Waals surface area contributed by atoms with Crippen molar-refractivity contribution >= 4 is 17.5 Å². The van der Waals surface area contributed by atoms with Crippen LogP contribution in [0.1, 0.15) is 23.2 Å². The second kappa shape index (κ2) is 9.38. The number of nitrogen functional groups attached to an aromatic ring is 1. The summed E-state index contributed by atoms with van der Waals surface area (Å²) in [6, 6.07) is 11.0. The van der Waals surface area contributed by atoms with Crippen LogP contribution < -0.4 is 16.4 Å². The zero-order valence-electron chi connectivity index (χ0n) is 16.6. The van der Waals surface area contributed by atoms with Gasteiger partial charge in [-0.15, -0.1) is 0 Å². The van der Waals surface area contributed by atoms with E-state index in [1.165, 1.54) is 28.9 Å². The first-order valence-corrected chi connectivity index (χ1v) is 9.44. The quantitative estimate of drug-likeness (QED) is 0.389. The van der Waals surface area contributed by atoms with Gasteiger partial charge in [0.1, 0.15) is 23.3 Å². The maximum atomic E-state index is 13.1. The smallest absolute Gasteiger partial charge is 0.382 e. The third-order valence-electron chi connectivity index (χ3n) is 4.52. The molecule has 1 heterocycles. The highest BCUT2D eigenvalue weighted by Gasteiger charge is 2.30. The van der Waals surface area contributed by atoms with Crippen LogP contribution in [0, 0.1) is 17.1 Å². The Labute approximate surface area is 180 Å². The van der Waals surface area contributed by atoms with Crippen molar-refractivity contribution in [1.82, 2.24) is 15.1 Å². The minimum atomic E-state index is -4.45. The second-order valence-corrected chi connectivity index (χ2v) is 6.77. The molecule has 3 aromatic rings. The van der Waals surface area contributed by atoms with E-state index in [1.807, 2.05) is 6.07 Å². The highest BCUT2D eigenvalue weighted by Crippen LogP contribution is 2.29. The average molecular weight is 446 g/mol. The van der Waals surface area contributed by atoms with E-state index in [-0.39, 0.29) is 23.6 Å². The number of nitriles is 1. The van der Waals surface area contributed by atoms with Crippen molar-refractivity contribution in [3.63, 3.8) is 0 Å². The van der Waals surface area contributed by atoms with Gasteiger partial charge in [-0.3, -0.25) is 0 Å². The number of anilines is 2. The Bertz CT molecular complexity index is 1130. The number of carbonyl (C=O) groups is 1. The van der Waals surface area contributed by atoms with Crippen LogP contribution in [0.4, 0.5) is 33.9 Å². The van der Waals surface area contributed by atoms with E-state index >= 15 is 0 Å². The van der Waals surface area contributed by atoms with Crippen LogP contribution in [-0.2, 0) is 12.6 Å². The van der Waals surface area contributed by atoms with E-state index in [1.54, 1.807) is 0 Å². The van der Waals surface area contributed by atoms with Crippen LogP contribution in [0.25, 0.3) is 5.69 Å². The van der Waals surface area contributed by atoms with Gasteiger partial charge in [-0.1, -0.05) is 0 Å². The maximum absolute atomic E-state index is 13.1. The standard InChI is InChI=1S/C21H18F4N6O/c22-14-5-9-16(10-6-14)31-19(27)17(12-26)18(30-31)2-1-11-28-20(32)29-15-7-3-13(4-8-15)21(23,24)25/h3-10H,1-2,11,27H2,(H2,28,29,32). The normalized spacial score (nSPS) is 11.1. The molecule has 0 radical (unpaired) electrons. The van der Waals surface area contributed by atoms with Gasteiger partial charge < -0.3 is 16.4 Å². The molecular weight excluding hydrogens is 428 g/mol. The predicted molar refractivity (Wildman–Crippen MR) is 109 cm³/mol. The van der Waals surface area contributed by atoms with Gasteiger partial charge in [0.15, 0.2) is 0 Å². The van der Waals surface area contributed by atoms with Crippen LogP contribution in [0.3, 0.4) is 0 Å². The maximum Gasteiger partial charge on any atom is 0.416 e. The Balaban J connectivity index is 1.54. The average Bonchev–Trinajstić information content (AvgIpc) is 3.06. The van der Waals surface area contributed by atoms with E-state index in [4.69, 9.17) is 5.73 Å². The number of benzene rings is 2. The summed E-state index contributed by atoms with van der Waals surface area (Å²) in [6.07, 6.45) is -3.69. The predicted octanol–water partition coefficient (Wildman–Crippen LogP) is 4.24. The van der Waals surface area contributed by atoms with Gasteiger partial charge in [0.2, 0.25) is 0 Å². The van der Waals surface area contributed by atoms with Crippen LogP contribution in [0.2, 0.25) is 0 Å². The molecular formula is C21H18F4N6O. The number of aromatic nitrogens is 2. The molecule has 0 aliphatic rings. The molecule has 0 saturated heterocycles. The monoisotopic (exact) mass is 446 g/mol. The van der Waals surface area contributed by atoms with Crippen molar-refractivity contribution in [2.45, 2.75) is 19.0 Å². The van der Waals surface area contributed by atoms with E-state index in [9.17, 15) is 27.6 Å². The second-order valence-electron chi connectivity index (χ2n) is 6.77. The van der Waals surface area contributed by atoms with Crippen LogP contribution in [-0.4, -0.2) is 22.4 Å². The Morgan fingerprint density at radius 2 is 1.78 bits per heavy atom. The SMILES string of the molecule is N#Cc1c(CCCNC(=O)Nc2ccc(C(F)(F)F)cc2)nn(-c2ccc(F)cc2)c1N. The summed E-state index contributed by atoms with van der Waals surface area (Å²) in [5.74, 6) is -0.289. The number of hydrogen-bond acceptors (Lipinski definition) is 4. The van der Waals surface area contributed by atoms with Crippen molar-refractivity contribution in [3.05, 3.63) is 71.2 Å². The molecule has 0 bridgehead atoms. The molecule has 4 N–H and O–H groups in total. The molecule has 0 aliphatic carbocycles. The zero-order chi connectivity index (χ0) is 23.3. The van der Waals surface area contributed by atoms with Crippen LogP contribution in [0.15, 0.2) is 48.5 Å². The molecule has 2 aromatic carbocycles. The lowest BCUT2D eigenvalue weighted by Crippen LogP contribution is -2.29. The molecule has 166 valence electrons. The Morgan fingerprint density at radius 3 is 2.38 bits per heavy atom. The van der Waals surface area contributed by atoms with Gasteiger partial charge in [-0.25, -0.2) is 13.9 Å². The molecule has 32 heavy (non-hydrogen) atoms. The molecule has 0 saturated carbocycles. The number of rotatable bonds is 6. The number of amides is 2. The summed E-state index contributed by atoms with van der Waals surface area (Å²) in [6.45, 7) is 0.223. The van der Waals surface area contributed by atoms with Gasteiger partial charge in [-0.05, 0) is 61.4 Å². The Morgan fingerprint density at radius 1 is 1.12 bits per heavy atom. The van der Waals surface area contributed by atoms with Crippen molar-refractivity contribution in [2.24, 2.45) is 0 Å². The van der Waals surface area contributed by atoms with Crippen molar-refractivity contribution < 1.29 is 22.4 Å². The van der Waals surface area contributed by atoms with Gasteiger partial charge >= 0.3 is 12.2 Å². The summed E-state index contributed by atoms with van der Waals surface area (Å²) in [5, 5.41) is 18.7. The number of hydrogen-bond donors (Lipinski definition) is 3. The van der Waals surface area contributed by atoms with Gasteiger partial charge in [0.05, 0.1) is 16.9 Å². The first-order valence-electron chi connectivity index (χ1n) is 9.44. The van der Waals surface area contributed by atoms with Crippen LogP contribution >= 0.6 is 0 Å². The van der Waals surface area contributed by atoms with Crippen LogP contribution in [0.5, 0.6) is 0 Å². The van der Waals surface area contributed by atoms with Crippen molar-refractivity contribution in [1.29, 1.82) is 5.26 Å². The minimum absolute atomic E-state index is 0.127. The summed E-state index contributed by atoms with van der Waals surface area (Å²) in [7, 11) is 0. The van der Waals surface area contributed by atoms with E-state index in [2.05, 4.69) is 15.7 Å². The number of alkyl halides is 3. The lowest BCUT2D eigenvalue weighted by atomic mass is 10.1. The van der Waals surface area contributed by atoms with E-state index < -0.39 is 23.6 Å². The summed E-state index contributed by atoms with van der Waals surface area (Å²) in [4.78, 5) is 11.9. The topological polar surface area (TPSA) is 109 Å². The number of halogens is 4. The molecule has 0 fully saturated rings. The number of nitrogens with two attached hydrogens (primary N) is 1. The fourth-order valence-corrected chi connectivity index (χ4v) is 2.93. The molecule has 0 aliphatic heterocycles. The summed E-state index contributed by atoms with van der Waals surface area (Å²) >= 11 is 0. The van der Waals surface area contributed by atoms with Crippen molar-refractivity contribution in [2.75, 3.05) is 17.6 Å². The largest absolute Gasteiger partial charge is 0.416 e. The molecule has 2 amide bonds. The first kappa shape index (κ1) is 22.6. The molecule has 7 nitrogen and oxygen atoms in total. The minimum Gasteiger partial charge on any atom is -0.382 e. The van der Waals surface area contributed by atoms with E-state index in [0.717, 1.165) is 24.3 Å².